The summed E-state index contributed by atoms with van der Waals surface area (Å²) in [6.07, 6.45) is 3.94. The van der Waals surface area contributed by atoms with Crippen molar-refractivity contribution in [3.8, 4) is 5.75 Å². The number of aromatic amines is 1. The second-order valence-electron chi connectivity index (χ2n) is 7.37. The number of aromatic nitrogens is 2. The van der Waals surface area contributed by atoms with Gasteiger partial charge in [-0.1, -0.05) is 12.1 Å². The number of H-pyrrole nitrogens is 1. The predicted octanol–water partition coefficient (Wildman–Crippen LogP) is 4.50. The van der Waals surface area contributed by atoms with Gasteiger partial charge in [0.25, 0.3) is 5.91 Å². The minimum atomic E-state index is -0.347. The van der Waals surface area contributed by atoms with Gasteiger partial charge >= 0.3 is 0 Å². The average molecular weight is 401 g/mol. The fourth-order valence-corrected chi connectivity index (χ4v) is 4.26. The van der Waals surface area contributed by atoms with Crippen LogP contribution in [0.5, 0.6) is 5.75 Å². The number of fused-ring (bicyclic) bond motifs is 3. The van der Waals surface area contributed by atoms with Gasteiger partial charge in [0.2, 0.25) is 0 Å². The van der Waals surface area contributed by atoms with Crippen molar-refractivity contribution in [2.45, 2.75) is 12.5 Å². The summed E-state index contributed by atoms with van der Waals surface area (Å²) in [5.74, 6) is 0.386. The van der Waals surface area contributed by atoms with E-state index in [2.05, 4.69) is 9.97 Å². The Morgan fingerprint density at radius 3 is 2.77 bits per heavy atom. The molecule has 3 heterocycles. The van der Waals surface area contributed by atoms with Crippen LogP contribution in [0.15, 0.2) is 67.0 Å². The number of hydrogen-bond donors (Lipinski definition) is 1. The maximum Gasteiger partial charge on any atom is 0.256 e. The Morgan fingerprint density at radius 2 is 2.03 bits per heavy atom. The van der Waals surface area contributed by atoms with Gasteiger partial charge in [-0.25, -0.2) is 4.39 Å². The van der Waals surface area contributed by atoms with Crippen LogP contribution in [-0.4, -0.2) is 34.4 Å². The summed E-state index contributed by atoms with van der Waals surface area (Å²) in [7, 11) is 1.65. The van der Waals surface area contributed by atoms with E-state index >= 15 is 0 Å². The molecule has 1 amide bonds. The second-order valence-corrected chi connectivity index (χ2v) is 7.37. The molecule has 2 aromatic carbocycles. The maximum atomic E-state index is 13.6. The third-order valence-corrected chi connectivity index (χ3v) is 5.69. The number of nitrogens with zero attached hydrogens (tertiary/aromatic N) is 2. The molecule has 1 N–H and O–H groups in total. The van der Waals surface area contributed by atoms with Crippen LogP contribution >= 0.6 is 0 Å². The molecule has 1 aliphatic rings. The van der Waals surface area contributed by atoms with E-state index in [0.717, 1.165) is 33.5 Å². The van der Waals surface area contributed by atoms with Crippen molar-refractivity contribution in [3.63, 3.8) is 0 Å². The van der Waals surface area contributed by atoms with Crippen LogP contribution in [0.1, 0.15) is 33.2 Å². The van der Waals surface area contributed by atoms with Crippen LogP contribution in [0.2, 0.25) is 0 Å². The molecule has 0 fully saturated rings. The SMILES string of the molecule is COc1ccc2[nH]c3c(c2c1)CCN(C(=O)c1cccnc1)C3c1ccc(F)cc1. The van der Waals surface area contributed by atoms with Crippen molar-refractivity contribution in [1.82, 2.24) is 14.9 Å². The largest absolute Gasteiger partial charge is 0.497 e. The zero-order chi connectivity index (χ0) is 20.7. The van der Waals surface area contributed by atoms with Gasteiger partial charge in [0.05, 0.1) is 18.7 Å². The second kappa shape index (κ2) is 7.30. The highest BCUT2D eigenvalue weighted by atomic mass is 19.1. The molecule has 0 saturated heterocycles. The molecule has 1 aliphatic heterocycles. The highest BCUT2D eigenvalue weighted by Crippen LogP contribution is 2.40. The minimum Gasteiger partial charge on any atom is -0.497 e. The molecule has 5 rings (SSSR count). The lowest BCUT2D eigenvalue weighted by molar-refractivity contribution is 0.0691. The van der Waals surface area contributed by atoms with E-state index in [9.17, 15) is 9.18 Å². The molecule has 30 heavy (non-hydrogen) atoms. The van der Waals surface area contributed by atoms with Gasteiger partial charge in [0.15, 0.2) is 0 Å². The van der Waals surface area contributed by atoms with E-state index < -0.39 is 0 Å². The van der Waals surface area contributed by atoms with Gasteiger partial charge < -0.3 is 14.6 Å². The van der Waals surface area contributed by atoms with Crippen molar-refractivity contribution < 1.29 is 13.9 Å². The number of carbonyl (C=O) groups excluding carboxylic acids is 1. The van der Waals surface area contributed by atoms with E-state index in [1.54, 1.807) is 43.8 Å². The van der Waals surface area contributed by atoms with Crippen LogP contribution < -0.4 is 4.74 Å². The topological polar surface area (TPSA) is 58.2 Å². The molecule has 0 aliphatic carbocycles. The van der Waals surface area contributed by atoms with E-state index in [0.29, 0.717) is 18.5 Å². The van der Waals surface area contributed by atoms with Gasteiger partial charge in [-0.05, 0) is 60.0 Å². The van der Waals surface area contributed by atoms with Crippen LogP contribution in [0.25, 0.3) is 10.9 Å². The number of pyridine rings is 1. The van der Waals surface area contributed by atoms with Crippen LogP contribution in [0, 0.1) is 5.82 Å². The molecule has 4 aromatic rings. The number of amides is 1. The quantitative estimate of drug-likeness (QED) is 0.550. The summed E-state index contributed by atoms with van der Waals surface area (Å²) in [5.41, 5.74) is 4.49. The molecule has 1 atom stereocenters. The monoisotopic (exact) mass is 401 g/mol. The molecule has 0 radical (unpaired) electrons. The Morgan fingerprint density at radius 1 is 1.20 bits per heavy atom. The average Bonchev–Trinajstić information content (AvgIpc) is 3.17. The normalized spacial score (nSPS) is 15.8. The van der Waals surface area contributed by atoms with Gasteiger partial charge in [0, 0.05) is 35.5 Å². The lowest BCUT2D eigenvalue weighted by atomic mass is 9.91. The first kappa shape index (κ1) is 18.4. The fraction of sp³-hybridized carbons (Fsp3) is 0.167. The maximum absolute atomic E-state index is 13.6. The summed E-state index contributed by atoms with van der Waals surface area (Å²) in [5, 5.41) is 1.09. The van der Waals surface area contributed by atoms with Crippen molar-refractivity contribution in [2.75, 3.05) is 13.7 Å². The Balaban J connectivity index is 1.67. The summed E-state index contributed by atoms with van der Waals surface area (Å²) in [6.45, 7) is 0.549. The third-order valence-electron chi connectivity index (χ3n) is 5.69. The van der Waals surface area contributed by atoms with E-state index in [1.165, 1.54) is 12.1 Å². The standard InChI is InChI=1S/C24H20FN3O2/c1-30-18-8-9-21-20(13-18)19-10-12-28(24(29)16-3-2-11-26-14-16)23(22(19)27-21)15-4-6-17(25)7-5-15/h2-9,11,13-14,23,27H,10,12H2,1H3. The van der Waals surface area contributed by atoms with Gasteiger partial charge in [-0.2, -0.15) is 0 Å². The van der Waals surface area contributed by atoms with Crippen molar-refractivity contribution in [2.24, 2.45) is 0 Å². The van der Waals surface area contributed by atoms with Crippen molar-refractivity contribution >= 4 is 16.8 Å². The molecule has 6 heteroatoms. The van der Waals surface area contributed by atoms with Gasteiger partial charge in [0.1, 0.15) is 11.6 Å². The molecular weight excluding hydrogens is 381 g/mol. The summed E-state index contributed by atoms with van der Waals surface area (Å²) >= 11 is 0. The molecule has 2 aromatic heterocycles. The molecule has 0 bridgehead atoms. The van der Waals surface area contributed by atoms with Crippen LogP contribution in [0.4, 0.5) is 4.39 Å². The lowest BCUT2D eigenvalue weighted by Gasteiger charge is -2.36. The minimum absolute atomic E-state index is 0.0979. The number of methoxy groups -OCH3 is 1. The van der Waals surface area contributed by atoms with E-state index in [4.69, 9.17) is 4.74 Å². The molecule has 5 nitrogen and oxygen atoms in total. The van der Waals surface area contributed by atoms with Gasteiger partial charge in [-0.15, -0.1) is 0 Å². The predicted molar refractivity (Wildman–Crippen MR) is 112 cm³/mol. The van der Waals surface area contributed by atoms with E-state index in [1.807, 2.05) is 23.1 Å². The summed E-state index contributed by atoms with van der Waals surface area (Å²) < 4.78 is 19.0. The zero-order valence-electron chi connectivity index (χ0n) is 16.4. The van der Waals surface area contributed by atoms with Crippen molar-refractivity contribution in [1.29, 1.82) is 0 Å². The van der Waals surface area contributed by atoms with Crippen molar-refractivity contribution in [3.05, 3.63) is 95.2 Å². The highest BCUT2D eigenvalue weighted by Gasteiger charge is 2.35. The van der Waals surface area contributed by atoms with Crippen LogP contribution in [-0.2, 0) is 6.42 Å². The first-order chi connectivity index (χ1) is 14.7. The molecule has 150 valence electrons. The zero-order valence-corrected chi connectivity index (χ0v) is 16.4. The Hall–Kier alpha value is -3.67. The molecule has 0 saturated carbocycles. The number of benzene rings is 2. The summed E-state index contributed by atoms with van der Waals surface area (Å²) in [6, 6.07) is 15.4. The number of rotatable bonds is 3. The highest BCUT2D eigenvalue weighted by molar-refractivity contribution is 5.95. The Labute approximate surface area is 173 Å². The number of ether oxygens (including phenoxy) is 1. The third kappa shape index (κ3) is 3.01. The molecule has 0 spiro atoms. The first-order valence-electron chi connectivity index (χ1n) is 9.80. The number of carbonyl (C=O) groups is 1. The van der Waals surface area contributed by atoms with E-state index in [-0.39, 0.29) is 17.8 Å². The number of hydrogen-bond acceptors (Lipinski definition) is 3. The Bertz CT molecular complexity index is 1220. The lowest BCUT2D eigenvalue weighted by Crippen LogP contribution is -2.40. The fourth-order valence-electron chi connectivity index (χ4n) is 4.26. The number of nitrogens with one attached hydrogen (secondary N) is 1. The van der Waals surface area contributed by atoms with Crippen LogP contribution in [0.3, 0.4) is 0 Å². The smallest absolute Gasteiger partial charge is 0.256 e. The number of halogens is 1. The first-order valence-corrected chi connectivity index (χ1v) is 9.80. The Kier molecular flexibility index (Phi) is 4.47. The molecule has 1 unspecified atom stereocenters. The molecular formula is C24H20FN3O2. The van der Waals surface area contributed by atoms with Gasteiger partial charge in [-0.3, -0.25) is 9.78 Å². The summed E-state index contributed by atoms with van der Waals surface area (Å²) in [4.78, 5) is 22.8.